The molecule has 0 amide bonds. The second-order valence-corrected chi connectivity index (χ2v) is 10.9. The van der Waals surface area contributed by atoms with E-state index in [1.165, 1.54) is 22.7 Å². The Morgan fingerprint density at radius 3 is 2.49 bits per heavy atom. The average Bonchev–Trinajstić information content (AvgIpc) is 3.70. The predicted molar refractivity (Wildman–Crippen MR) is 154 cm³/mol. The van der Waals surface area contributed by atoms with Crippen molar-refractivity contribution < 1.29 is 9.53 Å². The summed E-state index contributed by atoms with van der Waals surface area (Å²) >= 11 is 2.80. The lowest BCUT2D eigenvalue weighted by atomic mass is 10.0. The maximum absolute atomic E-state index is 14.0. The fraction of sp³-hybridized carbons (Fsp3) is 0.133. The van der Waals surface area contributed by atoms with Gasteiger partial charge in [0, 0.05) is 22.2 Å². The zero-order valence-corrected chi connectivity index (χ0v) is 22.9. The number of para-hydroxylation sites is 1. The van der Waals surface area contributed by atoms with E-state index in [0.29, 0.717) is 20.6 Å². The van der Waals surface area contributed by atoms with Crippen molar-refractivity contribution in [2.75, 3.05) is 6.61 Å². The minimum atomic E-state index is -0.594. The lowest BCUT2D eigenvalue weighted by Crippen LogP contribution is -2.39. The number of esters is 1. The predicted octanol–water partition coefficient (Wildman–Crippen LogP) is 4.71. The van der Waals surface area contributed by atoms with E-state index in [2.05, 4.69) is 4.99 Å². The molecule has 3 aromatic heterocycles. The molecular formula is C30H24N4O3S2. The number of allylic oxidation sites excluding steroid dienone is 1. The molecule has 4 heterocycles. The standard InChI is InChI=1S/C30H24N4O3S2/c1-3-37-29(36)25-19(2)31-30-34(27(25)23-15-10-16-38-23)28(35)24(39-30)17-21-18-33(22-13-8-5-9-14-22)32-26(21)20-11-6-4-7-12-20/h4-18,27H,3H2,1-2H3/b24-17-/t27-/m0/s1. The summed E-state index contributed by atoms with van der Waals surface area (Å²) in [6.45, 7) is 3.80. The average molecular weight is 553 g/mol. The van der Waals surface area contributed by atoms with Gasteiger partial charge in [0.15, 0.2) is 4.80 Å². The van der Waals surface area contributed by atoms with Gasteiger partial charge in [-0.25, -0.2) is 14.5 Å². The van der Waals surface area contributed by atoms with E-state index in [1.54, 1.807) is 18.4 Å². The highest BCUT2D eigenvalue weighted by Gasteiger charge is 2.34. The Morgan fingerprint density at radius 2 is 1.79 bits per heavy atom. The zero-order chi connectivity index (χ0) is 26.9. The van der Waals surface area contributed by atoms with Crippen LogP contribution in [0.5, 0.6) is 0 Å². The highest BCUT2D eigenvalue weighted by molar-refractivity contribution is 7.10. The summed E-state index contributed by atoms with van der Waals surface area (Å²) < 4.78 is 9.31. The van der Waals surface area contributed by atoms with Crippen molar-refractivity contribution in [3.05, 3.63) is 126 Å². The summed E-state index contributed by atoms with van der Waals surface area (Å²) in [5, 5.41) is 6.81. The number of fused-ring (bicyclic) bond motifs is 1. The quantitative estimate of drug-likeness (QED) is 0.286. The van der Waals surface area contributed by atoms with Crippen LogP contribution < -0.4 is 14.9 Å². The van der Waals surface area contributed by atoms with Crippen molar-refractivity contribution in [2.24, 2.45) is 4.99 Å². The molecule has 1 aliphatic heterocycles. The number of ether oxygens (including phenoxy) is 1. The molecule has 0 saturated carbocycles. The molecule has 0 bridgehead atoms. The van der Waals surface area contributed by atoms with Gasteiger partial charge in [-0.3, -0.25) is 9.36 Å². The van der Waals surface area contributed by atoms with Crippen molar-refractivity contribution in [1.29, 1.82) is 0 Å². The normalized spacial score (nSPS) is 15.2. The van der Waals surface area contributed by atoms with Crippen LogP contribution in [0.1, 0.15) is 30.3 Å². The molecule has 6 rings (SSSR count). The van der Waals surface area contributed by atoms with Crippen LogP contribution in [0.2, 0.25) is 0 Å². The van der Waals surface area contributed by atoms with Gasteiger partial charge >= 0.3 is 5.97 Å². The van der Waals surface area contributed by atoms with Gasteiger partial charge in [0.25, 0.3) is 5.56 Å². The van der Waals surface area contributed by atoms with Gasteiger partial charge < -0.3 is 4.74 Å². The van der Waals surface area contributed by atoms with Crippen LogP contribution in [0.3, 0.4) is 0 Å². The smallest absolute Gasteiger partial charge is 0.338 e. The summed E-state index contributed by atoms with van der Waals surface area (Å²) in [6.07, 6.45) is 3.80. The maximum Gasteiger partial charge on any atom is 0.338 e. The molecule has 0 aliphatic carbocycles. The largest absolute Gasteiger partial charge is 0.463 e. The van der Waals surface area contributed by atoms with Crippen molar-refractivity contribution >= 4 is 34.7 Å². The van der Waals surface area contributed by atoms with Crippen LogP contribution in [0.15, 0.2) is 105 Å². The highest BCUT2D eigenvalue weighted by atomic mass is 32.1. The first kappa shape index (κ1) is 25.0. The van der Waals surface area contributed by atoms with E-state index in [9.17, 15) is 9.59 Å². The molecule has 0 N–H and O–H groups in total. The van der Waals surface area contributed by atoms with Crippen LogP contribution in [0.25, 0.3) is 23.0 Å². The third-order valence-electron chi connectivity index (χ3n) is 6.43. The summed E-state index contributed by atoms with van der Waals surface area (Å²) in [6, 6.07) is 23.0. The summed E-state index contributed by atoms with van der Waals surface area (Å²) in [7, 11) is 0. The third-order valence-corrected chi connectivity index (χ3v) is 8.33. The van der Waals surface area contributed by atoms with E-state index in [-0.39, 0.29) is 12.2 Å². The Bertz CT molecular complexity index is 1870. The highest BCUT2D eigenvalue weighted by Crippen LogP contribution is 2.33. The number of carbonyl (C=O) groups excluding carboxylic acids is 1. The van der Waals surface area contributed by atoms with E-state index in [4.69, 9.17) is 9.84 Å². The topological polar surface area (TPSA) is 78.5 Å². The molecule has 0 radical (unpaired) electrons. The molecule has 1 aliphatic rings. The van der Waals surface area contributed by atoms with Gasteiger partial charge in [-0.15, -0.1) is 11.3 Å². The Hall–Kier alpha value is -4.34. The fourth-order valence-electron chi connectivity index (χ4n) is 4.68. The molecule has 0 saturated heterocycles. The molecular weight excluding hydrogens is 528 g/mol. The Balaban J connectivity index is 1.55. The molecule has 9 heteroatoms. The van der Waals surface area contributed by atoms with E-state index < -0.39 is 12.0 Å². The minimum absolute atomic E-state index is 0.210. The van der Waals surface area contributed by atoms with Crippen LogP contribution in [0, 0.1) is 0 Å². The van der Waals surface area contributed by atoms with Crippen molar-refractivity contribution in [1.82, 2.24) is 14.3 Å². The first-order valence-corrected chi connectivity index (χ1v) is 14.2. The molecule has 7 nitrogen and oxygen atoms in total. The second kappa shape index (κ2) is 10.4. The molecule has 194 valence electrons. The fourth-order valence-corrected chi connectivity index (χ4v) is 6.54. The SMILES string of the molecule is CCOC(=O)C1=C(C)N=c2s/c(=C\c3cn(-c4ccccc4)nc3-c3ccccc3)c(=O)n2[C@H]1c1cccs1. The van der Waals surface area contributed by atoms with Crippen LogP contribution in [-0.4, -0.2) is 26.9 Å². The Morgan fingerprint density at radius 1 is 1.05 bits per heavy atom. The number of thiophene rings is 1. The number of rotatable bonds is 6. The maximum atomic E-state index is 14.0. The van der Waals surface area contributed by atoms with Gasteiger partial charge in [0.05, 0.1) is 33.8 Å². The molecule has 1 atom stereocenters. The van der Waals surface area contributed by atoms with Gasteiger partial charge in [-0.05, 0) is 43.5 Å². The molecule has 0 spiro atoms. The van der Waals surface area contributed by atoms with E-state index >= 15 is 0 Å². The molecule has 0 unspecified atom stereocenters. The van der Waals surface area contributed by atoms with Gasteiger partial charge in [-0.2, -0.15) is 5.10 Å². The molecule has 2 aromatic carbocycles. The molecule has 5 aromatic rings. The summed E-state index contributed by atoms with van der Waals surface area (Å²) in [4.78, 5) is 33.1. The van der Waals surface area contributed by atoms with Crippen LogP contribution in [-0.2, 0) is 9.53 Å². The monoisotopic (exact) mass is 552 g/mol. The van der Waals surface area contributed by atoms with Crippen LogP contribution in [0.4, 0.5) is 0 Å². The number of hydrogen-bond acceptors (Lipinski definition) is 7. The molecule has 39 heavy (non-hydrogen) atoms. The lowest BCUT2D eigenvalue weighted by Gasteiger charge is -2.23. The van der Waals surface area contributed by atoms with Gasteiger partial charge in [0.2, 0.25) is 0 Å². The number of carbonyl (C=O) groups is 1. The van der Waals surface area contributed by atoms with Gasteiger partial charge in [0.1, 0.15) is 6.04 Å². The first-order chi connectivity index (χ1) is 19.0. The van der Waals surface area contributed by atoms with E-state index in [1.807, 2.05) is 95.1 Å². The van der Waals surface area contributed by atoms with Crippen molar-refractivity contribution in [3.63, 3.8) is 0 Å². The minimum Gasteiger partial charge on any atom is -0.463 e. The number of nitrogens with zero attached hydrogens (tertiary/aromatic N) is 4. The van der Waals surface area contributed by atoms with Crippen molar-refractivity contribution in [2.45, 2.75) is 19.9 Å². The van der Waals surface area contributed by atoms with Gasteiger partial charge in [-0.1, -0.05) is 65.9 Å². The third kappa shape index (κ3) is 4.60. The Kier molecular flexibility index (Phi) is 6.68. The number of thiazole rings is 1. The number of benzene rings is 2. The number of aromatic nitrogens is 3. The summed E-state index contributed by atoms with van der Waals surface area (Å²) in [5.74, 6) is -0.457. The number of hydrogen-bond donors (Lipinski definition) is 0. The van der Waals surface area contributed by atoms with E-state index in [0.717, 1.165) is 27.4 Å². The molecule has 0 fully saturated rings. The zero-order valence-electron chi connectivity index (χ0n) is 21.3. The van der Waals surface area contributed by atoms with Crippen LogP contribution >= 0.6 is 22.7 Å². The Labute approximate surface area is 232 Å². The lowest BCUT2D eigenvalue weighted by molar-refractivity contribution is -0.139. The summed E-state index contributed by atoms with van der Waals surface area (Å²) in [5.41, 5.74) is 4.18. The van der Waals surface area contributed by atoms with Crippen molar-refractivity contribution in [3.8, 4) is 16.9 Å². The second-order valence-electron chi connectivity index (χ2n) is 8.90. The first-order valence-electron chi connectivity index (χ1n) is 12.5.